The van der Waals surface area contributed by atoms with E-state index in [0.717, 1.165) is 5.56 Å². The van der Waals surface area contributed by atoms with Crippen LogP contribution >= 0.6 is 0 Å². The predicted octanol–water partition coefficient (Wildman–Crippen LogP) is 2.07. The third-order valence-corrected chi connectivity index (χ3v) is 1.48. The smallest absolute Gasteiger partial charge is 0.0912 e. The quantitative estimate of drug-likeness (QED) is 0.545. The number of rotatable bonds is 2. The zero-order valence-corrected chi connectivity index (χ0v) is 7.14. The molecule has 0 fully saturated rings. The van der Waals surface area contributed by atoms with E-state index >= 15 is 0 Å². The summed E-state index contributed by atoms with van der Waals surface area (Å²) < 4.78 is 0. The second-order valence-corrected chi connectivity index (χ2v) is 2.52. The number of nitriles is 1. The van der Waals surface area contributed by atoms with Crippen molar-refractivity contribution >= 4 is 6.08 Å². The molecule has 0 saturated carbocycles. The second kappa shape index (κ2) is 4.78. The second-order valence-electron chi connectivity index (χ2n) is 2.52. The van der Waals surface area contributed by atoms with Crippen LogP contribution in [0.4, 0.5) is 0 Å². The fourth-order valence-electron chi connectivity index (χ4n) is 0.923. The Kier molecular flexibility index (Phi) is 3.34. The van der Waals surface area contributed by atoms with Gasteiger partial charge in [-0.05, 0) is 17.7 Å². The van der Waals surface area contributed by atoms with Crippen LogP contribution in [0, 0.1) is 11.3 Å². The van der Waals surface area contributed by atoms with Crippen molar-refractivity contribution in [2.45, 2.75) is 0 Å². The summed E-state index contributed by atoms with van der Waals surface area (Å²) in [5.74, 6) is 0. The molecule has 64 valence electrons. The summed E-state index contributed by atoms with van der Waals surface area (Å²) in [5.41, 5.74) is 7.22. The lowest BCUT2D eigenvalue weighted by atomic mass is 10.2. The van der Waals surface area contributed by atoms with E-state index < -0.39 is 0 Å². The van der Waals surface area contributed by atoms with Crippen LogP contribution < -0.4 is 5.73 Å². The van der Waals surface area contributed by atoms with Crippen LogP contribution in [0.1, 0.15) is 5.56 Å². The first kappa shape index (κ1) is 9.08. The molecule has 1 aromatic carbocycles. The van der Waals surface area contributed by atoms with Gasteiger partial charge in [0.05, 0.1) is 6.07 Å². The highest BCUT2D eigenvalue weighted by Gasteiger charge is 1.85. The van der Waals surface area contributed by atoms with Crippen LogP contribution in [0.3, 0.4) is 0 Å². The number of nitrogens with zero attached hydrogens (tertiary/aromatic N) is 1. The van der Waals surface area contributed by atoms with E-state index in [4.69, 9.17) is 11.0 Å². The Morgan fingerprint density at radius 3 is 2.62 bits per heavy atom. The van der Waals surface area contributed by atoms with Crippen molar-refractivity contribution in [1.82, 2.24) is 0 Å². The molecule has 0 atom stereocenters. The summed E-state index contributed by atoms with van der Waals surface area (Å²) in [6, 6.07) is 11.6. The Labute approximate surface area is 77.6 Å². The third-order valence-electron chi connectivity index (χ3n) is 1.48. The molecule has 1 rings (SSSR count). The fourth-order valence-corrected chi connectivity index (χ4v) is 0.923. The number of hydrogen-bond donors (Lipinski definition) is 1. The van der Waals surface area contributed by atoms with Crippen molar-refractivity contribution in [2.75, 3.05) is 0 Å². The van der Waals surface area contributed by atoms with Gasteiger partial charge in [-0.25, -0.2) is 0 Å². The van der Waals surface area contributed by atoms with Crippen molar-refractivity contribution in [3.8, 4) is 6.07 Å². The first-order chi connectivity index (χ1) is 6.33. The zero-order valence-electron chi connectivity index (χ0n) is 7.14. The van der Waals surface area contributed by atoms with Crippen LogP contribution in [0.15, 0.2) is 48.2 Å². The predicted molar refractivity (Wildman–Crippen MR) is 53.4 cm³/mol. The molecule has 0 heterocycles. The van der Waals surface area contributed by atoms with E-state index in [0.29, 0.717) is 5.70 Å². The molecule has 0 amide bonds. The standard InChI is InChI=1S/C11H10N2/c12-8-4-7-11(13)9-10-5-2-1-3-6-10/h1-7,9H,13H2. The molecule has 2 N–H and O–H groups in total. The maximum atomic E-state index is 8.26. The van der Waals surface area contributed by atoms with Crippen molar-refractivity contribution < 1.29 is 0 Å². The van der Waals surface area contributed by atoms with Gasteiger partial charge in [0, 0.05) is 11.8 Å². The van der Waals surface area contributed by atoms with Crippen molar-refractivity contribution in [2.24, 2.45) is 5.73 Å². The van der Waals surface area contributed by atoms with Crippen LogP contribution in [-0.2, 0) is 0 Å². The highest BCUT2D eigenvalue weighted by Crippen LogP contribution is 2.03. The van der Waals surface area contributed by atoms with Gasteiger partial charge in [-0.3, -0.25) is 0 Å². The van der Waals surface area contributed by atoms with Gasteiger partial charge in [-0.1, -0.05) is 30.3 Å². The van der Waals surface area contributed by atoms with E-state index in [1.807, 2.05) is 42.5 Å². The van der Waals surface area contributed by atoms with Gasteiger partial charge in [0.15, 0.2) is 0 Å². The molecule has 0 aliphatic heterocycles. The molecule has 0 unspecified atom stereocenters. The number of hydrogen-bond acceptors (Lipinski definition) is 2. The molecule has 2 heteroatoms. The number of benzene rings is 1. The van der Waals surface area contributed by atoms with Gasteiger partial charge in [0.2, 0.25) is 0 Å². The monoisotopic (exact) mass is 170 g/mol. The third kappa shape index (κ3) is 3.26. The first-order valence-electron chi connectivity index (χ1n) is 3.91. The van der Waals surface area contributed by atoms with E-state index in [9.17, 15) is 0 Å². The van der Waals surface area contributed by atoms with E-state index in [2.05, 4.69) is 0 Å². The minimum absolute atomic E-state index is 0.577. The molecular weight excluding hydrogens is 160 g/mol. The highest BCUT2D eigenvalue weighted by molar-refractivity contribution is 5.54. The topological polar surface area (TPSA) is 49.8 Å². The summed E-state index contributed by atoms with van der Waals surface area (Å²) in [4.78, 5) is 0. The molecule has 0 spiro atoms. The molecule has 2 nitrogen and oxygen atoms in total. The van der Waals surface area contributed by atoms with E-state index in [1.54, 1.807) is 6.08 Å². The van der Waals surface area contributed by atoms with Crippen molar-refractivity contribution in [1.29, 1.82) is 5.26 Å². The summed E-state index contributed by atoms with van der Waals surface area (Å²) in [6.45, 7) is 0. The maximum Gasteiger partial charge on any atom is 0.0912 e. The van der Waals surface area contributed by atoms with Crippen LogP contribution in [-0.4, -0.2) is 0 Å². The lowest BCUT2D eigenvalue weighted by molar-refractivity contribution is 1.44. The van der Waals surface area contributed by atoms with Gasteiger partial charge in [0.25, 0.3) is 0 Å². The zero-order chi connectivity index (χ0) is 9.52. The molecule has 0 aliphatic carbocycles. The molecule has 0 saturated heterocycles. The summed E-state index contributed by atoms with van der Waals surface area (Å²) >= 11 is 0. The molecule has 1 aromatic rings. The molecular formula is C11H10N2. The summed E-state index contributed by atoms with van der Waals surface area (Å²) in [7, 11) is 0. The first-order valence-corrected chi connectivity index (χ1v) is 3.91. The van der Waals surface area contributed by atoms with Crippen molar-refractivity contribution in [3.63, 3.8) is 0 Å². The normalized spacial score (nSPS) is 11.5. The van der Waals surface area contributed by atoms with Gasteiger partial charge in [-0.15, -0.1) is 0 Å². The minimum atomic E-state index is 0.577. The molecule has 13 heavy (non-hydrogen) atoms. The molecule has 0 bridgehead atoms. The van der Waals surface area contributed by atoms with Gasteiger partial charge < -0.3 is 5.73 Å². The Morgan fingerprint density at radius 1 is 1.31 bits per heavy atom. The lowest BCUT2D eigenvalue weighted by Gasteiger charge is -1.93. The SMILES string of the molecule is N#CC=CC(N)=Cc1ccccc1. The average Bonchev–Trinajstić information content (AvgIpc) is 2.16. The largest absolute Gasteiger partial charge is 0.399 e. The number of allylic oxidation sites excluding steroid dienone is 2. The highest BCUT2D eigenvalue weighted by atomic mass is 14.5. The Morgan fingerprint density at radius 2 is 2.00 bits per heavy atom. The van der Waals surface area contributed by atoms with Crippen LogP contribution in [0.25, 0.3) is 6.08 Å². The average molecular weight is 170 g/mol. The van der Waals surface area contributed by atoms with Gasteiger partial charge in [-0.2, -0.15) is 5.26 Å². The Balaban J connectivity index is 2.78. The molecule has 0 radical (unpaired) electrons. The van der Waals surface area contributed by atoms with E-state index in [1.165, 1.54) is 6.08 Å². The minimum Gasteiger partial charge on any atom is -0.399 e. The summed E-state index contributed by atoms with van der Waals surface area (Å²) in [6.07, 6.45) is 4.75. The summed E-state index contributed by atoms with van der Waals surface area (Å²) in [5, 5.41) is 8.26. The Hall–Kier alpha value is -2.01. The maximum absolute atomic E-state index is 8.26. The van der Waals surface area contributed by atoms with Crippen molar-refractivity contribution in [3.05, 3.63) is 53.7 Å². The lowest BCUT2D eigenvalue weighted by Crippen LogP contribution is -1.91. The number of nitrogens with two attached hydrogens (primary N) is 1. The Bertz CT molecular complexity index is 355. The van der Waals surface area contributed by atoms with Gasteiger partial charge >= 0.3 is 0 Å². The van der Waals surface area contributed by atoms with Crippen LogP contribution in [0.5, 0.6) is 0 Å². The van der Waals surface area contributed by atoms with E-state index in [-0.39, 0.29) is 0 Å². The fraction of sp³-hybridized carbons (Fsp3) is 0. The molecule has 0 aromatic heterocycles. The van der Waals surface area contributed by atoms with Gasteiger partial charge in [0.1, 0.15) is 0 Å². The molecule has 0 aliphatic rings. The van der Waals surface area contributed by atoms with Crippen LogP contribution in [0.2, 0.25) is 0 Å².